The van der Waals surface area contributed by atoms with E-state index in [2.05, 4.69) is 21.9 Å². The SMILES string of the molecule is Cc1cc(N2CCN(c3ccccc3)CC2CCC(N)=O)cc(O)c1F. The lowest BCUT2D eigenvalue weighted by molar-refractivity contribution is -0.118. The third-order valence-electron chi connectivity index (χ3n) is 4.88. The molecule has 1 saturated heterocycles. The average Bonchev–Trinajstić information content (AvgIpc) is 2.64. The summed E-state index contributed by atoms with van der Waals surface area (Å²) in [6.07, 6.45) is 0.895. The van der Waals surface area contributed by atoms with Gasteiger partial charge in [0.15, 0.2) is 11.6 Å². The topological polar surface area (TPSA) is 69.8 Å². The lowest BCUT2D eigenvalue weighted by Crippen LogP contribution is -2.53. The van der Waals surface area contributed by atoms with E-state index in [4.69, 9.17) is 5.73 Å². The zero-order valence-corrected chi connectivity index (χ0v) is 14.9. The van der Waals surface area contributed by atoms with Crippen molar-refractivity contribution in [3.05, 3.63) is 53.8 Å². The van der Waals surface area contributed by atoms with Crippen molar-refractivity contribution in [3.63, 3.8) is 0 Å². The second-order valence-electron chi connectivity index (χ2n) is 6.73. The van der Waals surface area contributed by atoms with E-state index in [1.54, 1.807) is 13.0 Å². The Labute approximate surface area is 152 Å². The number of carbonyl (C=O) groups is 1. The number of benzene rings is 2. The Hall–Kier alpha value is -2.76. The molecule has 2 aromatic rings. The van der Waals surface area contributed by atoms with E-state index in [-0.39, 0.29) is 24.1 Å². The highest BCUT2D eigenvalue weighted by atomic mass is 19.1. The number of para-hydroxylation sites is 1. The van der Waals surface area contributed by atoms with Gasteiger partial charge in [-0.25, -0.2) is 4.39 Å². The van der Waals surface area contributed by atoms with Crippen LogP contribution in [0.5, 0.6) is 5.75 Å². The molecule has 0 aliphatic carbocycles. The standard InChI is InChI=1S/C20H24FN3O2/c1-14-11-17(12-18(25)20(14)21)24-10-9-23(15-5-3-2-4-6-15)13-16(24)7-8-19(22)26/h2-6,11-12,16,25H,7-10,13H2,1H3,(H2,22,26). The first-order valence-corrected chi connectivity index (χ1v) is 8.79. The molecule has 138 valence electrons. The van der Waals surface area contributed by atoms with Crippen LogP contribution < -0.4 is 15.5 Å². The van der Waals surface area contributed by atoms with Crippen LogP contribution in [0.3, 0.4) is 0 Å². The largest absolute Gasteiger partial charge is 0.505 e. The Kier molecular flexibility index (Phi) is 5.30. The number of phenols is 1. The monoisotopic (exact) mass is 357 g/mol. The fourth-order valence-electron chi connectivity index (χ4n) is 3.52. The van der Waals surface area contributed by atoms with Crippen molar-refractivity contribution < 1.29 is 14.3 Å². The minimum Gasteiger partial charge on any atom is -0.505 e. The summed E-state index contributed by atoms with van der Waals surface area (Å²) in [6, 6.07) is 13.4. The Bertz CT molecular complexity index is 759. The minimum absolute atomic E-state index is 0.0423. The number of carbonyl (C=O) groups excluding carboxylic acids is 1. The lowest BCUT2D eigenvalue weighted by atomic mass is 10.0. The van der Waals surface area contributed by atoms with E-state index in [1.807, 2.05) is 18.2 Å². The smallest absolute Gasteiger partial charge is 0.217 e. The van der Waals surface area contributed by atoms with Crippen molar-refractivity contribution in [2.75, 3.05) is 29.4 Å². The summed E-state index contributed by atoms with van der Waals surface area (Å²) in [5, 5.41) is 9.86. The normalized spacial score (nSPS) is 17.4. The van der Waals surface area contributed by atoms with Gasteiger partial charge in [0.1, 0.15) is 0 Å². The van der Waals surface area contributed by atoms with E-state index in [0.29, 0.717) is 18.5 Å². The van der Waals surface area contributed by atoms with Gasteiger partial charge in [-0.3, -0.25) is 4.79 Å². The zero-order chi connectivity index (χ0) is 18.7. The minimum atomic E-state index is -0.592. The predicted molar refractivity (Wildman–Crippen MR) is 101 cm³/mol. The Morgan fingerprint density at radius 3 is 2.62 bits per heavy atom. The van der Waals surface area contributed by atoms with Crippen LogP contribution in [-0.2, 0) is 4.79 Å². The molecule has 1 aliphatic rings. The first-order valence-electron chi connectivity index (χ1n) is 8.79. The fourth-order valence-corrected chi connectivity index (χ4v) is 3.52. The van der Waals surface area contributed by atoms with Gasteiger partial charge in [0, 0.05) is 49.5 Å². The van der Waals surface area contributed by atoms with Gasteiger partial charge in [0.25, 0.3) is 0 Å². The molecule has 1 unspecified atom stereocenters. The van der Waals surface area contributed by atoms with Crippen molar-refractivity contribution in [3.8, 4) is 5.75 Å². The highest BCUT2D eigenvalue weighted by Crippen LogP contribution is 2.31. The number of primary amides is 1. The maximum Gasteiger partial charge on any atom is 0.217 e. The van der Waals surface area contributed by atoms with Crippen LogP contribution in [0.2, 0.25) is 0 Å². The predicted octanol–water partition coefficient (Wildman–Crippen LogP) is 2.80. The van der Waals surface area contributed by atoms with Crippen LogP contribution in [0.25, 0.3) is 0 Å². The molecule has 1 amide bonds. The van der Waals surface area contributed by atoms with Gasteiger partial charge in [-0.05, 0) is 37.1 Å². The van der Waals surface area contributed by atoms with Crippen molar-refractivity contribution in [1.29, 1.82) is 0 Å². The molecule has 0 bridgehead atoms. The molecule has 3 rings (SSSR count). The third-order valence-corrected chi connectivity index (χ3v) is 4.88. The second kappa shape index (κ2) is 7.64. The summed E-state index contributed by atoms with van der Waals surface area (Å²) in [4.78, 5) is 15.7. The molecule has 0 saturated carbocycles. The van der Waals surface area contributed by atoms with Gasteiger partial charge < -0.3 is 20.6 Å². The van der Waals surface area contributed by atoms with Crippen LogP contribution in [-0.4, -0.2) is 36.7 Å². The molecule has 1 aliphatic heterocycles. The zero-order valence-electron chi connectivity index (χ0n) is 14.9. The van der Waals surface area contributed by atoms with Gasteiger partial charge in [-0.15, -0.1) is 0 Å². The summed E-state index contributed by atoms with van der Waals surface area (Å²) < 4.78 is 13.8. The molecule has 3 N–H and O–H groups in total. The molecule has 0 spiro atoms. The number of hydrogen-bond acceptors (Lipinski definition) is 4. The molecule has 1 atom stereocenters. The van der Waals surface area contributed by atoms with Crippen molar-refractivity contribution in [2.24, 2.45) is 5.73 Å². The van der Waals surface area contributed by atoms with Gasteiger partial charge in [0.05, 0.1) is 0 Å². The number of aryl methyl sites for hydroxylation is 1. The molecule has 6 heteroatoms. The van der Waals surface area contributed by atoms with Crippen molar-refractivity contribution in [1.82, 2.24) is 0 Å². The number of piperazine rings is 1. The summed E-state index contributed by atoms with van der Waals surface area (Å²) in [5.74, 6) is -1.27. The quantitative estimate of drug-likeness (QED) is 0.863. The molecule has 0 aromatic heterocycles. The first-order chi connectivity index (χ1) is 12.5. The Balaban J connectivity index is 1.85. The number of anilines is 2. The van der Waals surface area contributed by atoms with Crippen LogP contribution in [0.4, 0.5) is 15.8 Å². The fraction of sp³-hybridized carbons (Fsp3) is 0.350. The van der Waals surface area contributed by atoms with Crippen LogP contribution in [0.1, 0.15) is 18.4 Å². The molecule has 26 heavy (non-hydrogen) atoms. The third kappa shape index (κ3) is 3.90. The van der Waals surface area contributed by atoms with E-state index in [9.17, 15) is 14.3 Å². The Morgan fingerprint density at radius 2 is 1.96 bits per heavy atom. The van der Waals surface area contributed by atoms with Crippen LogP contribution >= 0.6 is 0 Å². The second-order valence-corrected chi connectivity index (χ2v) is 6.73. The van der Waals surface area contributed by atoms with Gasteiger partial charge in [-0.1, -0.05) is 18.2 Å². The number of aromatic hydroxyl groups is 1. The number of nitrogens with zero attached hydrogens (tertiary/aromatic N) is 2. The summed E-state index contributed by atoms with van der Waals surface area (Å²) in [6.45, 7) is 3.88. The molecule has 1 fully saturated rings. The molecule has 1 heterocycles. The van der Waals surface area contributed by atoms with E-state index in [1.165, 1.54) is 6.07 Å². The van der Waals surface area contributed by atoms with Gasteiger partial charge >= 0.3 is 0 Å². The average molecular weight is 357 g/mol. The number of halogens is 1. The van der Waals surface area contributed by atoms with Gasteiger partial charge in [0.2, 0.25) is 5.91 Å². The first kappa shape index (κ1) is 18.0. The highest BCUT2D eigenvalue weighted by molar-refractivity contribution is 5.73. The Morgan fingerprint density at radius 1 is 1.23 bits per heavy atom. The maximum atomic E-state index is 13.8. The van der Waals surface area contributed by atoms with Crippen LogP contribution in [0.15, 0.2) is 42.5 Å². The molecule has 2 aromatic carbocycles. The summed E-state index contributed by atoms with van der Waals surface area (Å²) in [5.41, 5.74) is 7.65. The number of phenolic OH excluding ortho intramolecular Hbond substituents is 1. The number of hydrogen-bond donors (Lipinski definition) is 2. The van der Waals surface area contributed by atoms with Crippen molar-refractivity contribution >= 4 is 17.3 Å². The van der Waals surface area contributed by atoms with Crippen molar-refractivity contribution in [2.45, 2.75) is 25.8 Å². The number of rotatable bonds is 5. The maximum absolute atomic E-state index is 13.8. The number of nitrogens with two attached hydrogens (primary N) is 1. The summed E-state index contributed by atoms with van der Waals surface area (Å²) in [7, 11) is 0. The lowest BCUT2D eigenvalue weighted by Gasteiger charge is -2.44. The van der Waals surface area contributed by atoms with E-state index in [0.717, 1.165) is 24.5 Å². The molecule has 0 radical (unpaired) electrons. The highest BCUT2D eigenvalue weighted by Gasteiger charge is 2.28. The molecular formula is C20H24FN3O2. The van der Waals surface area contributed by atoms with E-state index >= 15 is 0 Å². The molecular weight excluding hydrogens is 333 g/mol. The van der Waals surface area contributed by atoms with E-state index < -0.39 is 5.82 Å². The van der Waals surface area contributed by atoms with Crippen LogP contribution in [0, 0.1) is 12.7 Å². The summed E-state index contributed by atoms with van der Waals surface area (Å²) >= 11 is 0. The van der Waals surface area contributed by atoms with Gasteiger partial charge in [-0.2, -0.15) is 0 Å². The number of amides is 1. The molecule has 5 nitrogen and oxygen atoms in total.